The molecule has 2 nitrogen and oxygen atoms in total. The first-order valence-corrected chi connectivity index (χ1v) is 8.98. The van der Waals surface area contributed by atoms with Crippen LogP contribution in [0.2, 0.25) is 0 Å². The number of aryl methyl sites for hydroxylation is 1. The smallest absolute Gasteiger partial charge is 0.143 e. The number of hydrogen-bond acceptors (Lipinski definition) is 2. The molecule has 0 saturated heterocycles. The highest BCUT2D eigenvalue weighted by molar-refractivity contribution is 6.17. The van der Waals surface area contributed by atoms with Crippen LogP contribution in [0.25, 0.3) is 0 Å². The average Bonchev–Trinajstić information content (AvgIpc) is 2.93. The molecule has 0 atom stereocenters. The van der Waals surface area contributed by atoms with Crippen LogP contribution in [0.4, 0.5) is 0 Å². The highest BCUT2D eigenvalue weighted by Gasteiger charge is 2.30. The first-order chi connectivity index (χ1) is 9.90. The molecule has 1 aromatic rings. The van der Waals surface area contributed by atoms with Crippen molar-refractivity contribution in [3.05, 3.63) is 17.0 Å². The topological polar surface area (TPSA) is 26.0 Å². The number of nitrogens with zero attached hydrogens (tertiary/aromatic N) is 1. The number of hydrogen-bond donors (Lipinski definition) is 0. The van der Waals surface area contributed by atoms with Crippen molar-refractivity contribution in [2.45, 2.75) is 82.5 Å². The van der Waals surface area contributed by atoms with Crippen molar-refractivity contribution in [2.24, 2.45) is 0 Å². The predicted octanol–water partition coefficient (Wildman–Crippen LogP) is 5.55. The Morgan fingerprint density at radius 3 is 2.10 bits per heavy atom. The van der Waals surface area contributed by atoms with E-state index in [0.29, 0.717) is 17.7 Å². The molecule has 2 aliphatic rings. The maximum Gasteiger partial charge on any atom is 0.143 e. The van der Waals surface area contributed by atoms with Gasteiger partial charge in [0.05, 0.1) is 5.69 Å². The number of halogens is 1. The molecule has 1 aromatic heterocycles. The lowest BCUT2D eigenvalue weighted by molar-refractivity contribution is 0.313. The first kappa shape index (κ1) is 14.4. The van der Waals surface area contributed by atoms with Crippen LogP contribution >= 0.6 is 11.6 Å². The number of aromatic nitrogens is 1. The Morgan fingerprint density at radius 2 is 1.50 bits per heavy atom. The Kier molecular flexibility index (Phi) is 5.04. The quantitative estimate of drug-likeness (QED) is 0.681. The van der Waals surface area contributed by atoms with E-state index in [1.54, 1.807) is 0 Å². The average molecular weight is 296 g/mol. The third kappa shape index (κ3) is 3.05. The van der Waals surface area contributed by atoms with E-state index >= 15 is 0 Å². The molecule has 0 amide bonds. The lowest BCUT2D eigenvalue weighted by Gasteiger charge is -2.25. The van der Waals surface area contributed by atoms with Gasteiger partial charge in [-0.25, -0.2) is 0 Å². The fraction of sp³-hybridized carbons (Fsp3) is 0.824. The van der Waals surface area contributed by atoms with Gasteiger partial charge in [0, 0.05) is 23.8 Å². The lowest BCUT2D eigenvalue weighted by Crippen LogP contribution is -2.12. The Balaban J connectivity index is 1.87. The summed E-state index contributed by atoms with van der Waals surface area (Å²) in [6.07, 6.45) is 14.3. The van der Waals surface area contributed by atoms with E-state index in [-0.39, 0.29) is 0 Å². The predicted molar refractivity (Wildman–Crippen MR) is 82.6 cm³/mol. The zero-order chi connectivity index (χ0) is 13.8. The number of alkyl halides is 1. The zero-order valence-corrected chi connectivity index (χ0v) is 13.1. The van der Waals surface area contributed by atoms with Crippen LogP contribution in [0, 0.1) is 0 Å². The molecule has 3 heteroatoms. The Morgan fingerprint density at radius 1 is 0.900 bits per heavy atom. The van der Waals surface area contributed by atoms with E-state index in [1.807, 2.05) is 0 Å². The highest BCUT2D eigenvalue weighted by atomic mass is 35.5. The van der Waals surface area contributed by atoms with Crippen molar-refractivity contribution in [1.82, 2.24) is 5.16 Å². The van der Waals surface area contributed by atoms with Crippen molar-refractivity contribution in [3.8, 4) is 0 Å². The molecule has 112 valence electrons. The van der Waals surface area contributed by atoms with E-state index in [2.05, 4.69) is 5.16 Å². The molecule has 2 aliphatic carbocycles. The van der Waals surface area contributed by atoms with Crippen LogP contribution in [-0.2, 0) is 6.42 Å². The van der Waals surface area contributed by atoms with E-state index in [4.69, 9.17) is 16.1 Å². The monoisotopic (exact) mass is 295 g/mol. The molecule has 0 spiro atoms. The highest BCUT2D eigenvalue weighted by Crippen LogP contribution is 2.42. The second-order valence-electron chi connectivity index (χ2n) is 6.52. The third-order valence-electron chi connectivity index (χ3n) is 5.15. The standard InChI is InChI=1S/C17H26ClNO/c18-12-11-15-16(13-7-3-1-4-8-13)17(20-19-15)14-9-5-2-6-10-14/h13-14H,1-12H2. The minimum Gasteiger partial charge on any atom is -0.361 e. The van der Waals surface area contributed by atoms with E-state index in [9.17, 15) is 0 Å². The molecular weight excluding hydrogens is 270 g/mol. The molecule has 0 unspecified atom stereocenters. The van der Waals surface area contributed by atoms with Gasteiger partial charge in [-0.05, 0) is 31.6 Å². The molecule has 20 heavy (non-hydrogen) atoms. The SMILES string of the molecule is ClCCc1noc(C2CCCCC2)c1C1CCCCC1. The largest absolute Gasteiger partial charge is 0.361 e. The van der Waals surface area contributed by atoms with Crippen molar-refractivity contribution < 1.29 is 4.52 Å². The summed E-state index contributed by atoms with van der Waals surface area (Å²) in [6.45, 7) is 0. The molecular formula is C17H26ClNO. The first-order valence-electron chi connectivity index (χ1n) is 8.44. The summed E-state index contributed by atoms with van der Waals surface area (Å²) in [4.78, 5) is 0. The van der Waals surface area contributed by atoms with Gasteiger partial charge in [0.2, 0.25) is 0 Å². The third-order valence-corrected chi connectivity index (χ3v) is 5.34. The van der Waals surface area contributed by atoms with Gasteiger partial charge < -0.3 is 4.52 Å². The van der Waals surface area contributed by atoms with E-state index in [1.165, 1.54) is 75.5 Å². The molecule has 0 N–H and O–H groups in total. The summed E-state index contributed by atoms with van der Waals surface area (Å²) in [7, 11) is 0. The molecule has 0 aliphatic heterocycles. The summed E-state index contributed by atoms with van der Waals surface area (Å²) >= 11 is 5.96. The van der Waals surface area contributed by atoms with Gasteiger partial charge in [-0.3, -0.25) is 0 Å². The van der Waals surface area contributed by atoms with Crippen LogP contribution in [-0.4, -0.2) is 11.0 Å². The summed E-state index contributed by atoms with van der Waals surface area (Å²) in [6, 6.07) is 0. The van der Waals surface area contributed by atoms with Crippen LogP contribution < -0.4 is 0 Å². The van der Waals surface area contributed by atoms with Crippen molar-refractivity contribution in [2.75, 3.05) is 5.88 Å². The van der Waals surface area contributed by atoms with E-state index in [0.717, 1.165) is 12.1 Å². The lowest BCUT2D eigenvalue weighted by atomic mass is 9.78. The maximum absolute atomic E-state index is 5.96. The molecule has 2 fully saturated rings. The van der Waals surface area contributed by atoms with Gasteiger partial charge >= 0.3 is 0 Å². The summed E-state index contributed by atoms with van der Waals surface area (Å²) in [5.41, 5.74) is 2.63. The zero-order valence-electron chi connectivity index (χ0n) is 12.4. The summed E-state index contributed by atoms with van der Waals surface area (Å²) in [5, 5.41) is 4.40. The van der Waals surface area contributed by atoms with Gasteiger partial charge in [0.15, 0.2) is 0 Å². The fourth-order valence-electron chi connectivity index (χ4n) is 4.10. The van der Waals surface area contributed by atoms with E-state index < -0.39 is 0 Å². The van der Waals surface area contributed by atoms with Crippen LogP contribution in [0.15, 0.2) is 4.52 Å². The molecule has 1 heterocycles. The van der Waals surface area contributed by atoms with Crippen molar-refractivity contribution in [3.63, 3.8) is 0 Å². The fourth-order valence-corrected chi connectivity index (χ4v) is 4.28. The maximum atomic E-state index is 5.96. The second kappa shape index (κ2) is 6.98. The van der Waals surface area contributed by atoms with Crippen molar-refractivity contribution in [1.29, 1.82) is 0 Å². The van der Waals surface area contributed by atoms with Gasteiger partial charge in [0.1, 0.15) is 5.76 Å². The minimum atomic E-state index is 0.622. The molecule has 0 bridgehead atoms. The Hall–Kier alpha value is -0.500. The Labute approximate surface area is 127 Å². The van der Waals surface area contributed by atoms with Crippen LogP contribution in [0.5, 0.6) is 0 Å². The second-order valence-corrected chi connectivity index (χ2v) is 6.89. The van der Waals surface area contributed by atoms with Crippen LogP contribution in [0.1, 0.15) is 93.1 Å². The molecule has 0 aromatic carbocycles. The normalized spacial score (nSPS) is 22.2. The minimum absolute atomic E-state index is 0.622. The Bertz CT molecular complexity index is 417. The van der Waals surface area contributed by atoms with Gasteiger partial charge in [-0.15, -0.1) is 11.6 Å². The van der Waals surface area contributed by atoms with Gasteiger partial charge in [-0.1, -0.05) is 43.7 Å². The summed E-state index contributed by atoms with van der Waals surface area (Å²) in [5.74, 6) is 3.19. The van der Waals surface area contributed by atoms with Gasteiger partial charge in [-0.2, -0.15) is 0 Å². The molecule has 0 radical (unpaired) electrons. The van der Waals surface area contributed by atoms with Crippen LogP contribution in [0.3, 0.4) is 0 Å². The van der Waals surface area contributed by atoms with Crippen molar-refractivity contribution >= 4 is 11.6 Å². The number of rotatable bonds is 4. The van der Waals surface area contributed by atoms with Gasteiger partial charge in [0.25, 0.3) is 0 Å². The molecule has 2 saturated carbocycles. The summed E-state index contributed by atoms with van der Waals surface area (Å²) < 4.78 is 5.83. The molecule has 3 rings (SSSR count).